The average molecular weight is 410 g/mol. The van der Waals surface area contributed by atoms with E-state index in [1.807, 2.05) is 12.1 Å². The molecular weight excluding hydrogens is 388 g/mol. The molecule has 1 aliphatic carbocycles. The zero-order valence-corrected chi connectivity index (χ0v) is 16.3. The first kappa shape index (κ1) is 19.9. The second-order valence-corrected chi connectivity index (χ2v) is 7.33. The number of non-ortho nitro benzene ring substituents is 1. The van der Waals surface area contributed by atoms with Crippen molar-refractivity contribution in [2.75, 3.05) is 13.2 Å². The highest BCUT2D eigenvalue weighted by Gasteiger charge is 2.18. The van der Waals surface area contributed by atoms with Crippen LogP contribution in [-0.2, 0) is 17.6 Å². The van der Waals surface area contributed by atoms with E-state index < -0.39 is 11.0 Å². The van der Waals surface area contributed by atoms with Gasteiger partial charge in [0.1, 0.15) is 17.1 Å². The van der Waals surface area contributed by atoms with Gasteiger partial charge in [0, 0.05) is 36.0 Å². The summed E-state index contributed by atoms with van der Waals surface area (Å²) in [5.74, 6) is 1.26. The molecule has 0 spiro atoms. The van der Waals surface area contributed by atoms with Gasteiger partial charge in [0.05, 0.1) is 11.0 Å². The van der Waals surface area contributed by atoms with Crippen molar-refractivity contribution in [3.8, 4) is 5.75 Å². The molecule has 0 fully saturated rings. The number of nitrogens with one attached hydrogen (secondary N) is 1. The van der Waals surface area contributed by atoms with Crippen LogP contribution in [0.25, 0.3) is 11.0 Å². The number of aliphatic hydroxyl groups excluding tert-OH is 1. The number of amides is 1. The van der Waals surface area contributed by atoms with Gasteiger partial charge >= 0.3 is 0 Å². The molecule has 0 saturated heterocycles. The Morgan fingerprint density at radius 1 is 1.20 bits per heavy atom. The smallest absolute Gasteiger partial charge is 0.269 e. The molecule has 8 nitrogen and oxygen atoms in total. The molecule has 0 aliphatic heterocycles. The molecule has 0 unspecified atom stereocenters. The van der Waals surface area contributed by atoms with Crippen LogP contribution >= 0.6 is 0 Å². The fourth-order valence-corrected chi connectivity index (χ4v) is 3.68. The largest absolute Gasteiger partial charge is 0.484 e. The van der Waals surface area contributed by atoms with Crippen LogP contribution in [0, 0.1) is 10.1 Å². The Morgan fingerprint density at radius 2 is 1.97 bits per heavy atom. The molecule has 8 heteroatoms. The predicted octanol–water partition coefficient (Wildman–Crippen LogP) is 3.45. The fourth-order valence-electron chi connectivity index (χ4n) is 3.68. The molecule has 1 atom stereocenters. The highest BCUT2D eigenvalue weighted by molar-refractivity contribution is 5.84. The van der Waals surface area contributed by atoms with Crippen LogP contribution in [0.2, 0.25) is 0 Å². The van der Waals surface area contributed by atoms with Gasteiger partial charge in [0.25, 0.3) is 11.6 Å². The van der Waals surface area contributed by atoms with E-state index in [4.69, 9.17) is 9.15 Å². The van der Waals surface area contributed by atoms with Gasteiger partial charge in [0.15, 0.2) is 6.61 Å². The van der Waals surface area contributed by atoms with E-state index in [-0.39, 0.29) is 24.7 Å². The molecule has 1 amide bonds. The molecule has 2 aromatic carbocycles. The highest BCUT2D eigenvalue weighted by atomic mass is 16.6. The Hall–Kier alpha value is -3.39. The highest BCUT2D eigenvalue weighted by Crippen LogP contribution is 2.33. The van der Waals surface area contributed by atoms with Crippen molar-refractivity contribution in [2.24, 2.45) is 0 Å². The molecule has 0 radical (unpaired) electrons. The molecule has 30 heavy (non-hydrogen) atoms. The lowest BCUT2D eigenvalue weighted by molar-refractivity contribution is -0.384. The van der Waals surface area contributed by atoms with Crippen molar-refractivity contribution < 1.29 is 24.0 Å². The molecule has 2 N–H and O–H groups in total. The second-order valence-electron chi connectivity index (χ2n) is 7.33. The summed E-state index contributed by atoms with van der Waals surface area (Å²) in [5, 5.41) is 24.5. The van der Waals surface area contributed by atoms with Gasteiger partial charge in [-0.1, -0.05) is 0 Å². The number of carbonyl (C=O) groups excluding carboxylic acids is 1. The number of nitrogens with zero attached hydrogens (tertiary/aromatic N) is 1. The van der Waals surface area contributed by atoms with Crippen molar-refractivity contribution in [3.05, 3.63) is 69.5 Å². The van der Waals surface area contributed by atoms with E-state index in [1.54, 1.807) is 6.07 Å². The summed E-state index contributed by atoms with van der Waals surface area (Å²) in [6, 6.07) is 11.1. The number of rotatable bonds is 7. The molecule has 1 aromatic heterocycles. The fraction of sp³-hybridized carbons (Fsp3) is 0.318. The van der Waals surface area contributed by atoms with Crippen LogP contribution in [0.15, 0.2) is 46.9 Å². The van der Waals surface area contributed by atoms with E-state index in [9.17, 15) is 20.0 Å². The number of ether oxygens (including phenoxy) is 1. The number of carbonyl (C=O) groups is 1. The first-order chi connectivity index (χ1) is 14.5. The minimum Gasteiger partial charge on any atom is -0.484 e. The van der Waals surface area contributed by atoms with E-state index in [1.165, 1.54) is 29.8 Å². The SMILES string of the molecule is O=C(COc1ccc2oc3c(c2c1)CCCC3)NC[C@H](O)c1ccc([N+](=O)[O-])cc1. The Kier molecular flexibility index (Phi) is 5.67. The first-order valence-corrected chi connectivity index (χ1v) is 9.87. The van der Waals surface area contributed by atoms with Crippen molar-refractivity contribution >= 4 is 22.6 Å². The first-order valence-electron chi connectivity index (χ1n) is 9.87. The van der Waals surface area contributed by atoms with Crippen molar-refractivity contribution in [2.45, 2.75) is 31.8 Å². The van der Waals surface area contributed by atoms with Crippen LogP contribution in [-0.4, -0.2) is 29.1 Å². The quantitative estimate of drug-likeness (QED) is 0.455. The standard InChI is InChI=1S/C22H22N2O6/c25-19(14-5-7-15(8-6-14)24(27)28)12-23-22(26)13-29-16-9-10-21-18(11-16)17-3-1-2-4-20(17)30-21/h5-11,19,25H,1-4,12-13H2,(H,23,26)/t19-/m0/s1. The number of furan rings is 1. The summed E-state index contributed by atoms with van der Waals surface area (Å²) in [6.07, 6.45) is 3.27. The normalized spacial score (nSPS) is 14.2. The van der Waals surface area contributed by atoms with Gasteiger partial charge in [-0.15, -0.1) is 0 Å². The van der Waals surface area contributed by atoms with Crippen molar-refractivity contribution in [3.63, 3.8) is 0 Å². The zero-order chi connectivity index (χ0) is 21.1. The van der Waals surface area contributed by atoms with Crippen molar-refractivity contribution in [1.82, 2.24) is 5.32 Å². The minimum atomic E-state index is -0.969. The number of hydrogen-bond donors (Lipinski definition) is 2. The zero-order valence-electron chi connectivity index (χ0n) is 16.3. The molecule has 0 saturated carbocycles. The lowest BCUT2D eigenvalue weighted by atomic mass is 9.96. The maximum Gasteiger partial charge on any atom is 0.269 e. The summed E-state index contributed by atoms with van der Waals surface area (Å²) in [4.78, 5) is 22.3. The second kappa shape index (κ2) is 8.54. The van der Waals surface area contributed by atoms with Crippen LogP contribution in [0.1, 0.15) is 35.8 Å². The van der Waals surface area contributed by atoms with Gasteiger partial charge < -0.3 is 19.6 Å². The van der Waals surface area contributed by atoms with Gasteiger partial charge in [-0.05, 0) is 55.2 Å². The molecule has 4 rings (SSSR count). The van der Waals surface area contributed by atoms with Gasteiger partial charge in [0.2, 0.25) is 0 Å². The number of nitro groups is 1. The van der Waals surface area contributed by atoms with Gasteiger partial charge in [-0.3, -0.25) is 14.9 Å². The Morgan fingerprint density at radius 3 is 2.73 bits per heavy atom. The summed E-state index contributed by atoms with van der Waals surface area (Å²) in [6.45, 7) is -0.202. The Bertz CT molecular complexity index is 1070. The Balaban J connectivity index is 1.30. The summed E-state index contributed by atoms with van der Waals surface area (Å²) >= 11 is 0. The third kappa shape index (κ3) is 4.28. The van der Waals surface area contributed by atoms with Crippen LogP contribution in [0.4, 0.5) is 5.69 Å². The molecule has 1 heterocycles. The maximum atomic E-state index is 12.1. The van der Waals surface area contributed by atoms with Gasteiger partial charge in [-0.2, -0.15) is 0 Å². The Labute approximate surface area is 172 Å². The number of aryl methyl sites for hydroxylation is 2. The lowest BCUT2D eigenvalue weighted by Gasteiger charge is -2.13. The topological polar surface area (TPSA) is 115 Å². The molecule has 0 bridgehead atoms. The molecular formula is C22H22N2O6. The third-order valence-electron chi connectivity index (χ3n) is 5.28. The van der Waals surface area contributed by atoms with E-state index in [0.29, 0.717) is 11.3 Å². The third-order valence-corrected chi connectivity index (χ3v) is 5.28. The van der Waals surface area contributed by atoms with E-state index >= 15 is 0 Å². The van der Waals surface area contributed by atoms with E-state index in [2.05, 4.69) is 5.32 Å². The van der Waals surface area contributed by atoms with Crippen LogP contribution in [0.3, 0.4) is 0 Å². The summed E-state index contributed by atoms with van der Waals surface area (Å²) in [5.41, 5.74) is 2.50. The number of fused-ring (bicyclic) bond motifs is 3. The van der Waals surface area contributed by atoms with Gasteiger partial charge in [-0.25, -0.2) is 0 Å². The van der Waals surface area contributed by atoms with E-state index in [0.717, 1.165) is 42.4 Å². The van der Waals surface area contributed by atoms with Crippen molar-refractivity contribution in [1.29, 1.82) is 0 Å². The number of aliphatic hydroxyl groups is 1. The monoisotopic (exact) mass is 410 g/mol. The lowest BCUT2D eigenvalue weighted by Crippen LogP contribution is -2.32. The number of hydrogen-bond acceptors (Lipinski definition) is 6. The molecule has 156 valence electrons. The summed E-state index contributed by atoms with van der Waals surface area (Å²) < 4.78 is 11.5. The molecule has 1 aliphatic rings. The maximum absolute atomic E-state index is 12.1. The predicted molar refractivity (Wildman–Crippen MR) is 109 cm³/mol. The number of benzene rings is 2. The van der Waals surface area contributed by atoms with Crippen LogP contribution < -0.4 is 10.1 Å². The van der Waals surface area contributed by atoms with Crippen LogP contribution in [0.5, 0.6) is 5.75 Å². The average Bonchev–Trinajstić information content (AvgIpc) is 3.14. The minimum absolute atomic E-state index is 0.0196. The molecule has 3 aromatic rings. The summed E-state index contributed by atoms with van der Waals surface area (Å²) in [7, 11) is 0. The number of nitro benzene ring substituents is 1.